The lowest BCUT2D eigenvalue weighted by Gasteiger charge is -2.07. The van der Waals surface area contributed by atoms with Gasteiger partial charge in [-0.05, 0) is 6.42 Å². The third-order valence-electron chi connectivity index (χ3n) is 3.26. The highest BCUT2D eigenvalue weighted by molar-refractivity contribution is 7.91. The van der Waals surface area contributed by atoms with Crippen LogP contribution in [0.4, 0.5) is 0 Å². The molecule has 1 N–H and O–H groups in total. The van der Waals surface area contributed by atoms with Gasteiger partial charge in [0.25, 0.3) is 0 Å². The maximum absolute atomic E-state index is 11.3. The second-order valence-electron chi connectivity index (χ2n) is 4.85. The van der Waals surface area contributed by atoms with Gasteiger partial charge in [-0.1, -0.05) is 5.16 Å². The van der Waals surface area contributed by atoms with E-state index in [4.69, 9.17) is 4.52 Å². The van der Waals surface area contributed by atoms with Crippen LogP contribution in [0, 0.1) is 0 Å². The molecule has 0 aromatic carbocycles. The van der Waals surface area contributed by atoms with Gasteiger partial charge in [-0.2, -0.15) is 4.98 Å². The van der Waals surface area contributed by atoms with Gasteiger partial charge >= 0.3 is 0 Å². The fraction of sp³-hybridized carbons (Fsp3) is 0.545. The molecule has 1 fully saturated rings. The molecule has 0 saturated carbocycles. The number of rotatable bonds is 4. The molecule has 0 amide bonds. The number of imidazole rings is 1. The number of nitrogens with zero attached hydrogens (tertiary/aromatic N) is 4. The van der Waals surface area contributed by atoms with Crippen LogP contribution in [-0.4, -0.2) is 45.7 Å². The summed E-state index contributed by atoms with van der Waals surface area (Å²) in [7, 11) is -1.03. The maximum Gasteiger partial charge on any atom is 0.241 e. The van der Waals surface area contributed by atoms with E-state index >= 15 is 0 Å². The highest BCUT2D eigenvalue weighted by Gasteiger charge is 2.27. The van der Waals surface area contributed by atoms with E-state index in [0.717, 1.165) is 0 Å². The van der Waals surface area contributed by atoms with E-state index in [1.807, 2.05) is 7.05 Å². The molecule has 1 unspecified atom stereocenters. The van der Waals surface area contributed by atoms with Crippen molar-refractivity contribution >= 4 is 9.84 Å². The molecule has 1 aliphatic rings. The summed E-state index contributed by atoms with van der Waals surface area (Å²) in [6.45, 7) is 0.359. The highest BCUT2D eigenvalue weighted by Crippen LogP contribution is 2.14. The second-order valence-corrected chi connectivity index (χ2v) is 7.08. The minimum atomic E-state index is -2.88. The summed E-state index contributed by atoms with van der Waals surface area (Å²) < 4.78 is 29.6. The number of aromatic nitrogens is 4. The number of hydrogen-bond acceptors (Lipinski definition) is 7. The van der Waals surface area contributed by atoms with Gasteiger partial charge in [0.15, 0.2) is 15.7 Å². The van der Waals surface area contributed by atoms with Crippen molar-refractivity contribution in [1.29, 1.82) is 0 Å². The Morgan fingerprint density at radius 1 is 1.55 bits per heavy atom. The number of nitrogens with one attached hydrogen (secondary N) is 1. The Labute approximate surface area is 116 Å². The topological polar surface area (TPSA) is 103 Å². The Bertz CT molecular complexity index is 705. The van der Waals surface area contributed by atoms with Crippen LogP contribution in [-0.2, 0) is 23.4 Å². The molecule has 2 aromatic rings. The van der Waals surface area contributed by atoms with Crippen LogP contribution in [0.15, 0.2) is 16.9 Å². The Morgan fingerprint density at radius 2 is 2.40 bits per heavy atom. The number of sulfone groups is 1. The molecule has 3 heterocycles. The van der Waals surface area contributed by atoms with Gasteiger partial charge < -0.3 is 14.4 Å². The van der Waals surface area contributed by atoms with Crippen LogP contribution in [0.25, 0.3) is 11.6 Å². The fourth-order valence-electron chi connectivity index (χ4n) is 2.19. The van der Waals surface area contributed by atoms with Gasteiger partial charge in [-0.15, -0.1) is 0 Å². The summed E-state index contributed by atoms with van der Waals surface area (Å²) in [5.74, 6) is 1.89. The monoisotopic (exact) mass is 297 g/mol. The third-order valence-corrected chi connectivity index (χ3v) is 5.03. The molecule has 0 radical (unpaired) electrons. The third kappa shape index (κ3) is 2.73. The summed E-state index contributed by atoms with van der Waals surface area (Å²) in [6, 6.07) is -0.0384. The molecular formula is C11H15N5O3S. The summed E-state index contributed by atoms with van der Waals surface area (Å²) in [5.41, 5.74) is 0. The average Bonchev–Trinajstić information content (AvgIpc) is 3.07. The first-order chi connectivity index (χ1) is 9.53. The Balaban J connectivity index is 1.62. The fourth-order valence-corrected chi connectivity index (χ4v) is 3.89. The van der Waals surface area contributed by atoms with Crippen molar-refractivity contribution in [2.45, 2.75) is 19.0 Å². The zero-order chi connectivity index (χ0) is 14.2. The molecule has 0 spiro atoms. The van der Waals surface area contributed by atoms with Crippen LogP contribution in [0.3, 0.4) is 0 Å². The molecular weight excluding hydrogens is 282 g/mol. The molecule has 1 saturated heterocycles. The quantitative estimate of drug-likeness (QED) is 0.829. The molecule has 3 rings (SSSR count). The van der Waals surface area contributed by atoms with Gasteiger partial charge in [0, 0.05) is 25.5 Å². The first-order valence-corrected chi connectivity index (χ1v) is 8.10. The number of hydrogen-bond donors (Lipinski definition) is 1. The SMILES string of the molecule is Cn1ccnc1-c1noc(CNC2CCS(=O)(=O)C2)n1. The van der Waals surface area contributed by atoms with Gasteiger partial charge in [0.1, 0.15) is 0 Å². The van der Waals surface area contributed by atoms with Crippen molar-refractivity contribution < 1.29 is 12.9 Å². The van der Waals surface area contributed by atoms with E-state index in [1.165, 1.54) is 0 Å². The van der Waals surface area contributed by atoms with E-state index in [0.29, 0.717) is 30.5 Å². The van der Waals surface area contributed by atoms with Crippen LogP contribution in [0.2, 0.25) is 0 Å². The van der Waals surface area contributed by atoms with Crippen molar-refractivity contribution in [3.63, 3.8) is 0 Å². The maximum atomic E-state index is 11.3. The predicted molar refractivity (Wildman–Crippen MR) is 70.4 cm³/mol. The second kappa shape index (κ2) is 4.98. The van der Waals surface area contributed by atoms with Crippen molar-refractivity contribution in [2.24, 2.45) is 7.05 Å². The molecule has 108 valence electrons. The van der Waals surface area contributed by atoms with Gasteiger partial charge in [-0.25, -0.2) is 13.4 Å². The molecule has 1 aliphatic heterocycles. The Morgan fingerprint density at radius 3 is 3.05 bits per heavy atom. The van der Waals surface area contributed by atoms with E-state index in [1.54, 1.807) is 17.0 Å². The molecule has 2 aromatic heterocycles. The minimum Gasteiger partial charge on any atom is -0.337 e. The van der Waals surface area contributed by atoms with E-state index in [2.05, 4.69) is 20.4 Å². The van der Waals surface area contributed by atoms with Gasteiger partial charge in [-0.3, -0.25) is 0 Å². The molecule has 0 aliphatic carbocycles. The lowest BCUT2D eigenvalue weighted by molar-refractivity contribution is 0.360. The minimum absolute atomic E-state index is 0.0384. The highest BCUT2D eigenvalue weighted by atomic mass is 32.2. The number of aryl methyl sites for hydroxylation is 1. The summed E-state index contributed by atoms with van der Waals surface area (Å²) >= 11 is 0. The summed E-state index contributed by atoms with van der Waals surface area (Å²) in [4.78, 5) is 8.37. The molecule has 9 heteroatoms. The molecule has 1 atom stereocenters. The van der Waals surface area contributed by atoms with E-state index in [9.17, 15) is 8.42 Å². The van der Waals surface area contributed by atoms with Crippen LogP contribution >= 0.6 is 0 Å². The summed E-state index contributed by atoms with van der Waals surface area (Å²) in [5, 5.41) is 6.99. The molecule has 8 nitrogen and oxygen atoms in total. The molecule has 20 heavy (non-hydrogen) atoms. The van der Waals surface area contributed by atoms with Crippen LogP contribution < -0.4 is 5.32 Å². The smallest absolute Gasteiger partial charge is 0.241 e. The van der Waals surface area contributed by atoms with Crippen LogP contribution in [0.1, 0.15) is 12.3 Å². The predicted octanol–water partition coefficient (Wildman–Crippen LogP) is -0.253. The van der Waals surface area contributed by atoms with Crippen LogP contribution in [0.5, 0.6) is 0 Å². The zero-order valence-electron chi connectivity index (χ0n) is 11.0. The summed E-state index contributed by atoms with van der Waals surface area (Å²) in [6.07, 6.45) is 4.09. The lowest BCUT2D eigenvalue weighted by atomic mass is 10.3. The van der Waals surface area contributed by atoms with Crippen molar-refractivity contribution in [1.82, 2.24) is 25.0 Å². The Hall–Kier alpha value is -1.74. The first-order valence-electron chi connectivity index (χ1n) is 6.27. The van der Waals surface area contributed by atoms with Gasteiger partial charge in [0.05, 0.1) is 18.1 Å². The van der Waals surface area contributed by atoms with Crippen molar-refractivity contribution in [3.8, 4) is 11.6 Å². The molecule has 0 bridgehead atoms. The Kier molecular flexibility index (Phi) is 3.30. The standard InChI is InChI=1S/C11H15N5O3S/c1-16-4-3-12-11(16)10-14-9(19-15-10)6-13-8-2-5-20(17,18)7-8/h3-4,8,13H,2,5-7H2,1H3. The zero-order valence-corrected chi connectivity index (χ0v) is 11.8. The first kappa shape index (κ1) is 13.3. The lowest BCUT2D eigenvalue weighted by Crippen LogP contribution is -2.29. The van der Waals surface area contributed by atoms with Crippen molar-refractivity contribution in [2.75, 3.05) is 11.5 Å². The average molecular weight is 297 g/mol. The largest absolute Gasteiger partial charge is 0.337 e. The van der Waals surface area contributed by atoms with Crippen molar-refractivity contribution in [3.05, 3.63) is 18.3 Å². The normalized spacial score (nSPS) is 21.4. The van der Waals surface area contributed by atoms with Gasteiger partial charge in [0.2, 0.25) is 11.7 Å². The van der Waals surface area contributed by atoms with E-state index < -0.39 is 9.84 Å². The van der Waals surface area contributed by atoms with E-state index in [-0.39, 0.29) is 17.5 Å².